The molecule has 0 bridgehead atoms. The summed E-state index contributed by atoms with van der Waals surface area (Å²) in [5.74, 6) is 1.56. The second kappa shape index (κ2) is 11.4. The molecule has 4 rings (SSSR count). The van der Waals surface area contributed by atoms with E-state index in [0.717, 1.165) is 17.0 Å². The van der Waals surface area contributed by atoms with Gasteiger partial charge in [0.15, 0.2) is 0 Å². The number of para-hydroxylation sites is 1. The molecule has 3 amide bonds. The lowest BCUT2D eigenvalue weighted by atomic mass is 10.0. The van der Waals surface area contributed by atoms with Crippen LogP contribution in [0.15, 0.2) is 78.9 Å². The molecule has 1 aliphatic heterocycles. The van der Waals surface area contributed by atoms with Crippen LogP contribution in [0.2, 0.25) is 0 Å². The van der Waals surface area contributed by atoms with E-state index < -0.39 is 6.04 Å². The first kappa shape index (κ1) is 24.8. The Morgan fingerprint density at radius 1 is 0.944 bits per heavy atom. The van der Waals surface area contributed by atoms with E-state index in [1.165, 1.54) is 6.92 Å². The molecule has 1 fully saturated rings. The number of carbonyl (C=O) groups excluding carboxylic acids is 3. The molecule has 1 aliphatic rings. The van der Waals surface area contributed by atoms with E-state index in [0.29, 0.717) is 18.0 Å². The summed E-state index contributed by atoms with van der Waals surface area (Å²) in [5, 5.41) is 5.77. The van der Waals surface area contributed by atoms with Gasteiger partial charge >= 0.3 is 0 Å². The van der Waals surface area contributed by atoms with Crippen molar-refractivity contribution >= 4 is 23.4 Å². The predicted octanol–water partition coefficient (Wildman–Crippen LogP) is 3.98. The molecule has 0 saturated carbocycles. The number of carbonyl (C=O) groups is 3. The van der Waals surface area contributed by atoms with Crippen LogP contribution in [-0.4, -0.2) is 37.4 Å². The Kier molecular flexibility index (Phi) is 7.85. The number of hydrogen-bond donors (Lipinski definition) is 2. The van der Waals surface area contributed by atoms with E-state index >= 15 is 0 Å². The van der Waals surface area contributed by atoms with Gasteiger partial charge < -0.3 is 25.0 Å². The van der Waals surface area contributed by atoms with Crippen molar-refractivity contribution in [1.29, 1.82) is 0 Å². The van der Waals surface area contributed by atoms with Gasteiger partial charge in [-0.3, -0.25) is 14.4 Å². The van der Waals surface area contributed by atoms with Crippen LogP contribution < -0.4 is 25.0 Å². The van der Waals surface area contributed by atoms with Crippen LogP contribution in [0.25, 0.3) is 0 Å². The van der Waals surface area contributed by atoms with Crippen LogP contribution in [0, 0.1) is 0 Å². The zero-order valence-corrected chi connectivity index (χ0v) is 20.3. The zero-order valence-electron chi connectivity index (χ0n) is 20.3. The molecule has 1 saturated heterocycles. The van der Waals surface area contributed by atoms with E-state index in [2.05, 4.69) is 10.6 Å². The number of ether oxygens (including phenoxy) is 2. The van der Waals surface area contributed by atoms with Crippen LogP contribution in [0.5, 0.6) is 17.2 Å². The Hall–Kier alpha value is -4.33. The SMILES string of the molecule is COc1ccc(C(CC(=O)NC2CC(=O)N(c3ccc(Oc4ccccc4)cc3)C2)NC(C)=O)cc1. The molecule has 36 heavy (non-hydrogen) atoms. The Balaban J connectivity index is 1.35. The molecule has 2 unspecified atom stereocenters. The lowest BCUT2D eigenvalue weighted by Gasteiger charge is -2.20. The number of anilines is 1. The molecule has 8 nitrogen and oxygen atoms in total. The van der Waals surface area contributed by atoms with Gasteiger partial charge in [-0.2, -0.15) is 0 Å². The summed E-state index contributed by atoms with van der Waals surface area (Å²) in [6.45, 7) is 1.79. The molecular weight excluding hydrogens is 458 g/mol. The number of methoxy groups -OCH3 is 1. The summed E-state index contributed by atoms with van der Waals surface area (Å²) >= 11 is 0. The van der Waals surface area contributed by atoms with Crippen molar-refractivity contribution in [3.8, 4) is 17.2 Å². The number of nitrogens with one attached hydrogen (secondary N) is 2. The highest BCUT2D eigenvalue weighted by Crippen LogP contribution is 2.27. The number of rotatable bonds is 9. The summed E-state index contributed by atoms with van der Waals surface area (Å²) in [6, 6.07) is 23.1. The lowest BCUT2D eigenvalue weighted by molar-refractivity contribution is -0.123. The molecule has 2 N–H and O–H groups in total. The van der Waals surface area contributed by atoms with E-state index in [-0.39, 0.29) is 36.6 Å². The molecule has 3 aromatic rings. The molecule has 0 radical (unpaired) electrons. The van der Waals surface area contributed by atoms with Gasteiger partial charge in [-0.25, -0.2) is 0 Å². The highest BCUT2D eigenvalue weighted by molar-refractivity contribution is 5.97. The number of amides is 3. The summed E-state index contributed by atoms with van der Waals surface area (Å²) < 4.78 is 11.0. The van der Waals surface area contributed by atoms with Crippen LogP contribution in [-0.2, 0) is 14.4 Å². The third-order valence-electron chi connectivity index (χ3n) is 5.90. The van der Waals surface area contributed by atoms with Crippen molar-refractivity contribution in [3.05, 3.63) is 84.4 Å². The minimum absolute atomic E-state index is 0.0577. The van der Waals surface area contributed by atoms with Crippen molar-refractivity contribution in [2.24, 2.45) is 0 Å². The maximum absolute atomic E-state index is 12.8. The monoisotopic (exact) mass is 487 g/mol. The van der Waals surface area contributed by atoms with E-state index in [4.69, 9.17) is 9.47 Å². The third kappa shape index (κ3) is 6.41. The van der Waals surface area contributed by atoms with E-state index in [1.807, 2.05) is 66.7 Å². The average molecular weight is 488 g/mol. The van der Waals surface area contributed by atoms with Crippen molar-refractivity contribution in [2.45, 2.75) is 31.8 Å². The zero-order chi connectivity index (χ0) is 25.5. The lowest BCUT2D eigenvalue weighted by Crippen LogP contribution is -2.39. The topological polar surface area (TPSA) is 97.0 Å². The standard InChI is InChI=1S/C28H29N3O5/c1-19(32)29-26(20-8-12-23(35-2)13-9-20)17-27(33)30-21-16-28(34)31(18-21)22-10-14-25(15-11-22)36-24-6-4-3-5-7-24/h3-15,21,26H,16-18H2,1-2H3,(H,29,32)(H,30,33). The molecule has 186 valence electrons. The Morgan fingerprint density at radius 2 is 1.58 bits per heavy atom. The van der Waals surface area contributed by atoms with Gasteiger partial charge in [0.05, 0.1) is 25.6 Å². The van der Waals surface area contributed by atoms with Gasteiger partial charge in [-0.1, -0.05) is 30.3 Å². The second-order valence-electron chi connectivity index (χ2n) is 8.61. The quantitative estimate of drug-likeness (QED) is 0.476. The van der Waals surface area contributed by atoms with E-state index in [1.54, 1.807) is 24.1 Å². The van der Waals surface area contributed by atoms with Crippen molar-refractivity contribution < 1.29 is 23.9 Å². The van der Waals surface area contributed by atoms with Crippen LogP contribution in [0.4, 0.5) is 5.69 Å². The summed E-state index contributed by atoms with van der Waals surface area (Å²) in [6.07, 6.45) is 0.267. The third-order valence-corrected chi connectivity index (χ3v) is 5.90. The Bertz CT molecular complexity index is 1200. The van der Waals surface area contributed by atoms with Crippen molar-refractivity contribution in [2.75, 3.05) is 18.6 Å². The highest BCUT2D eigenvalue weighted by atomic mass is 16.5. The largest absolute Gasteiger partial charge is 0.497 e. The highest BCUT2D eigenvalue weighted by Gasteiger charge is 2.32. The fourth-order valence-corrected chi connectivity index (χ4v) is 4.18. The van der Waals surface area contributed by atoms with Crippen molar-refractivity contribution in [1.82, 2.24) is 10.6 Å². The number of benzene rings is 3. The minimum atomic E-state index is -0.487. The molecule has 0 aromatic heterocycles. The van der Waals surface area contributed by atoms with Gasteiger partial charge in [0.25, 0.3) is 0 Å². The maximum Gasteiger partial charge on any atom is 0.229 e. The molecule has 3 aromatic carbocycles. The molecular formula is C28H29N3O5. The fraction of sp³-hybridized carbons (Fsp3) is 0.250. The minimum Gasteiger partial charge on any atom is -0.497 e. The normalized spacial score (nSPS) is 15.8. The van der Waals surface area contributed by atoms with Crippen LogP contribution in [0.3, 0.4) is 0 Å². The molecule has 0 aliphatic carbocycles. The van der Waals surface area contributed by atoms with E-state index in [9.17, 15) is 14.4 Å². The van der Waals surface area contributed by atoms with Crippen LogP contribution >= 0.6 is 0 Å². The molecule has 8 heteroatoms. The fourth-order valence-electron chi connectivity index (χ4n) is 4.18. The predicted molar refractivity (Wildman–Crippen MR) is 136 cm³/mol. The van der Waals surface area contributed by atoms with Crippen LogP contribution in [0.1, 0.15) is 31.4 Å². The summed E-state index contributed by atoms with van der Waals surface area (Å²) in [5.41, 5.74) is 1.54. The number of nitrogens with zero attached hydrogens (tertiary/aromatic N) is 1. The number of hydrogen-bond acceptors (Lipinski definition) is 5. The molecule has 0 spiro atoms. The van der Waals surface area contributed by atoms with Gasteiger partial charge in [0.2, 0.25) is 17.7 Å². The van der Waals surface area contributed by atoms with Gasteiger partial charge in [-0.15, -0.1) is 0 Å². The molecule has 1 heterocycles. The Morgan fingerprint density at radius 3 is 2.22 bits per heavy atom. The first-order valence-electron chi connectivity index (χ1n) is 11.7. The molecule has 2 atom stereocenters. The first-order chi connectivity index (χ1) is 17.4. The van der Waals surface area contributed by atoms with Gasteiger partial charge in [-0.05, 0) is 54.1 Å². The smallest absolute Gasteiger partial charge is 0.229 e. The summed E-state index contributed by atoms with van der Waals surface area (Å²) in [7, 11) is 1.58. The Labute approximate surface area is 210 Å². The first-order valence-corrected chi connectivity index (χ1v) is 11.7. The van der Waals surface area contributed by atoms with Gasteiger partial charge in [0.1, 0.15) is 17.2 Å². The average Bonchev–Trinajstić information content (AvgIpc) is 3.24. The maximum atomic E-state index is 12.8. The van der Waals surface area contributed by atoms with Crippen molar-refractivity contribution in [3.63, 3.8) is 0 Å². The van der Waals surface area contributed by atoms with Gasteiger partial charge in [0, 0.05) is 25.6 Å². The second-order valence-corrected chi connectivity index (χ2v) is 8.61. The summed E-state index contributed by atoms with van der Waals surface area (Å²) in [4.78, 5) is 38.9.